The van der Waals surface area contributed by atoms with Gasteiger partial charge in [0.25, 0.3) is 0 Å². The molecule has 0 saturated carbocycles. The van der Waals surface area contributed by atoms with Gasteiger partial charge in [0, 0.05) is 24.5 Å². The average Bonchev–Trinajstić information content (AvgIpc) is 2.86. The van der Waals surface area contributed by atoms with Crippen LogP contribution >= 0.6 is 11.6 Å². The largest absolute Gasteiger partial charge is 0.324 e. The molecule has 6 nitrogen and oxygen atoms in total. The first-order chi connectivity index (χ1) is 9.70. The van der Waals surface area contributed by atoms with Crippen molar-refractivity contribution in [2.24, 2.45) is 7.05 Å². The molecule has 7 heteroatoms. The van der Waals surface area contributed by atoms with Crippen LogP contribution in [0.2, 0.25) is 5.28 Å². The molecule has 3 rings (SSSR count). The van der Waals surface area contributed by atoms with E-state index >= 15 is 0 Å². The normalized spacial score (nSPS) is 10.5. The van der Waals surface area contributed by atoms with Gasteiger partial charge in [-0.3, -0.25) is 4.68 Å². The van der Waals surface area contributed by atoms with E-state index in [2.05, 4.69) is 25.4 Å². The van der Waals surface area contributed by atoms with Crippen molar-refractivity contribution in [2.45, 2.75) is 0 Å². The van der Waals surface area contributed by atoms with Crippen LogP contribution in [-0.2, 0) is 7.05 Å². The number of nitrogens with zero attached hydrogens (tertiary/aromatic N) is 5. The van der Waals surface area contributed by atoms with Crippen molar-refractivity contribution in [3.8, 4) is 11.1 Å². The molecule has 0 aliphatic heterocycles. The smallest absolute Gasteiger partial charge is 0.231 e. The summed E-state index contributed by atoms with van der Waals surface area (Å²) in [6.45, 7) is 0. The van der Waals surface area contributed by atoms with Crippen LogP contribution in [0.1, 0.15) is 0 Å². The Labute approximate surface area is 120 Å². The van der Waals surface area contributed by atoms with Gasteiger partial charge in [0.1, 0.15) is 6.33 Å². The molecule has 0 aliphatic carbocycles. The molecule has 100 valence electrons. The number of nitrogens with one attached hydrogen (secondary N) is 1. The van der Waals surface area contributed by atoms with Crippen molar-refractivity contribution in [2.75, 3.05) is 5.32 Å². The Bertz CT molecular complexity index is 722. The van der Waals surface area contributed by atoms with E-state index in [9.17, 15) is 0 Å². The third kappa shape index (κ3) is 2.75. The Morgan fingerprint density at radius 2 is 1.90 bits per heavy atom. The lowest BCUT2D eigenvalue weighted by molar-refractivity contribution is 0.768. The molecule has 0 atom stereocenters. The number of aryl methyl sites for hydroxylation is 1. The van der Waals surface area contributed by atoms with Crippen LogP contribution in [0.15, 0.2) is 43.0 Å². The zero-order valence-corrected chi connectivity index (χ0v) is 11.4. The molecule has 2 aromatic heterocycles. The molecule has 0 amide bonds. The van der Waals surface area contributed by atoms with E-state index in [0.717, 1.165) is 16.8 Å². The second-order valence-electron chi connectivity index (χ2n) is 4.18. The maximum atomic E-state index is 5.71. The maximum absolute atomic E-state index is 5.71. The zero-order chi connectivity index (χ0) is 13.9. The summed E-state index contributed by atoms with van der Waals surface area (Å²) in [5.41, 5.74) is 3.04. The zero-order valence-electron chi connectivity index (χ0n) is 10.7. The molecule has 3 aromatic rings. The summed E-state index contributed by atoms with van der Waals surface area (Å²) in [6, 6.07) is 7.89. The van der Waals surface area contributed by atoms with E-state index in [0.29, 0.717) is 5.95 Å². The van der Waals surface area contributed by atoms with Crippen molar-refractivity contribution in [3.63, 3.8) is 0 Å². The number of aromatic nitrogens is 5. The van der Waals surface area contributed by atoms with Gasteiger partial charge in [0.2, 0.25) is 11.2 Å². The molecular weight excluding hydrogens is 276 g/mol. The Hall–Kier alpha value is -2.47. The van der Waals surface area contributed by atoms with Crippen molar-refractivity contribution in [3.05, 3.63) is 48.3 Å². The van der Waals surface area contributed by atoms with Crippen LogP contribution in [-0.4, -0.2) is 24.7 Å². The van der Waals surface area contributed by atoms with Crippen molar-refractivity contribution >= 4 is 23.2 Å². The van der Waals surface area contributed by atoms with Gasteiger partial charge in [0.15, 0.2) is 0 Å². The molecule has 0 bridgehead atoms. The summed E-state index contributed by atoms with van der Waals surface area (Å²) < 4.78 is 1.77. The summed E-state index contributed by atoms with van der Waals surface area (Å²) in [6.07, 6.45) is 5.16. The lowest BCUT2D eigenvalue weighted by Crippen LogP contribution is -1.97. The molecule has 0 unspecified atom stereocenters. The van der Waals surface area contributed by atoms with Gasteiger partial charge in [-0.25, -0.2) is 9.97 Å². The lowest BCUT2D eigenvalue weighted by atomic mass is 10.1. The number of hydrogen-bond donors (Lipinski definition) is 1. The summed E-state index contributed by atoms with van der Waals surface area (Å²) >= 11 is 5.71. The highest BCUT2D eigenvalue weighted by Crippen LogP contribution is 2.21. The van der Waals surface area contributed by atoms with Crippen molar-refractivity contribution in [1.82, 2.24) is 24.7 Å². The van der Waals surface area contributed by atoms with Gasteiger partial charge < -0.3 is 5.32 Å². The maximum Gasteiger partial charge on any atom is 0.231 e. The summed E-state index contributed by atoms with van der Waals surface area (Å²) in [7, 11) is 1.89. The van der Waals surface area contributed by atoms with Crippen LogP contribution in [0.5, 0.6) is 0 Å². The van der Waals surface area contributed by atoms with Gasteiger partial charge in [0.05, 0.1) is 6.20 Å². The number of benzene rings is 1. The van der Waals surface area contributed by atoms with E-state index in [1.165, 1.54) is 6.33 Å². The van der Waals surface area contributed by atoms with Crippen LogP contribution in [0.3, 0.4) is 0 Å². The minimum atomic E-state index is 0.162. The molecule has 0 radical (unpaired) electrons. The highest BCUT2D eigenvalue weighted by atomic mass is 35.5. The highest BCUT2D eigenvalue weighted by molar-refractivity contribution is 6.28. The topological polar surface area (TPSA) is 68.5 Å². The number of rotatable bonds is 3. The third-order valence-electron chi connectivity index (χ3n) is 2.72. The number of hydrogen-bond acceptors (Lipinski definition) is 5. The fraction of sp³-hybridized carbons (Fsp3) is 0.0769. The Morgan fingerprint density at radius 1 is 1.10 bits per heavy atom. The van der Waals surface area contributed by atoms with Gasteiger partial charge in [-0.1, -0.05) is 12.1 Å². The van der Waals surface area contributed by atoms with Crippen LogP contribution in [0.25, 0.3) is 11.1 Å². The van der Waals surface area contributed by atoms with Crippen molar-refractivity contribution in [1.29, 1.82) is 0 Å². The van der Waals surface area contributed by atoms with Gasteiger partial charge in [-0.05, 0) is 29.3 Å². The second kappa shape index (κ2) is 5.26. The van der Waals surface area contributed by atoms with E-state index < -0.39 is 0 Å². The molecule has 20 heavy (non-hydrogen) atoms. The summed E-state index contributed by atoms with van der Waals surface area (Å²) in [5.74, 6) is 0.416. The minimum absolute atomic E-state index is 0.162. The highest BCUT2D eigenvalue weighted by Gasteiger charge is 2.02. The van der Waals surface area contributed by atoms with E-state index in [4.69, 9.17) is 11.6 Å². The number of halogens is 1. The van der Waals surface area contributed by atoms with Crippen LogP contribution in [0, 0.1) is 0 Å². The van der Waals surface area contributed by atoms with Gasteiger partial charge in [-0.2, -0.15) is 10.1 Å². The lowest BCUT2D eigenvalue weighted by Gasteiger charge is -2.05. The SMILES string of the molecule is Cn1cc(-c2ccc(Nc3ncnc(Cl)n3)cc2)cn1. The van der Waals surface area contributed by atoms with Crippen molar-refractivity contribution < 1.29 is 0 Å². The molecule has 0 fully saturated rings. The quantitative estimate of drug-likeness (QED) is 0.802. The summed E-state index contributed by atoms with van der Waals surface area (Å²) in [4.78, 5) is 11.7. The van der Waals surface area contributed by atoms with Gasteiger partial charge in [-0.15, -0.1) is 0 Å². The Balaban J connectivity index is 1.79. The fourth-order valence-electron chi connectivity index (χ4n) is 1.78. The molecule has 1 N–H and O–H groups in total. The third-order valence-corrected chi connectivity index (χ3v) is 2.90. The first-order valence-electron chi connectivity index (χ1n) is 5.91. The standard InChI is InChI=1S/C13H11ClN6/c1-20-7-10(6-17-20)9-2-4-11(5-3-9)18-13-16-8-15-12(14)19-13/h2-8H,1H3,(H,15,16,18,19). The van der Waals surface area contributed by atoms with Gasteiger partial charge >= 0.3 is 0 Å². The first-order valence-corrected chi connectivity index (χ1v) is 6.29. The molecule has 0 spiro atoms. The molecule has 2 heterocycles. The van der Waals surface area contributed by atoms with Crippen LogP contribution < -0.4 is 5.32 Å². The molecule has 0 saturated heterocycles. The summed E-state index contributed by atoms with van der Waals surface area (Å²) in [5, 5.41) is 7.37. The molecule has 0 aliphatic rings. The first kappa shape index (κ1) is 12.6. The predicted octanol–water partition coefficient (Wildman–Crippen LogP) is 2.67. The monoisotopic (exact) mass is 286 g/mol. The Kier molecular flexibility index (Phi) is 3.30. The van der Waals surface area contributed by atoms with E-state index in [1.807, 2.05) is 43.7 Å². The molecule has 1 aromatic carbocycles. The van der Waals surface area contributed by atoms with Crippen LogP contribution in [0.4, 0.5) is 11.6 Å². The fourth-order valence-corrected chi connectivity index (χ4v) is 1.91. The molecular formula is C13H11ClN6. The van der Waals surface area contributed by atoms with E-state index in [-0.39, 0.29) is 5.28 Å². The predicted molar refractivity (Wildman–Crippen MR) is 76.8 cm³/mol. The second-order valence-corrected chi connectivity index (χ2v) is 4.52. The average molecular weight is 287 g/mol. The Morgan fingerprint density at radius 3 is 2.55 bits per heavy atom. The number of anilines is 2. The van der Waals surface area contributed by atoms with E-state index in [1.54, 1.807) is 4.68 Å². The minimum Gasteiger partial charge on any atom is -0.324 e.